The van der Waals surface area contributed by atoms with Crippen LogP contribution in [0.3, 0.4) is 0 Å². The fourth-order valence-electron chi connectivity index (χ4n) is 3.56. The van der Waals surface area contributed by atoms with Gasteiger partial charge in [-0.05, 0) is 43.4 Å². The topological polar surface area (TPSA) is 82.5 Å². The Kier molecular flexibility index (Phi) is 7.14. The molecular weight excluding hydrogens is 354 g/mol. The fourth-order valence-corrected chi connectivity index (χ4v) is 3.56. The molecule has 28 heavy (non-hydrogen) atoms. The van der Waals surface area contributed by atoms with Gasteiger partial charge in [-0.2, -0.15) is 0 Å². The number of carboxylic acid groups (broad SMARTS) is 1. The van der Waals surface area contributed by atoms with Crippen LogP contribution in [0.2, 0.25) is 0 Å². The van der Waals surface area contributed by atoms with Crippen molar-refractivity contribution in [1.29, 1.82) is 0 Å². The Morgan fingerprint density at radius 3 is 2.79 bits per heavy atom. The van der Waals surface area contributed by atoms with E-state index in [2.05, 4.69) is 39.5 Å². The first-order valence-corrected chi connectivity index (χ1v) is 9.84. The lowest BCUT2D eigenvalue weighted by Gasteiger charge is -2.16. The third-order valence-corrected chi connectivity index (χ3v) is 5.10. The van der Waals surface area contributed by atoms with Gasteiger partial charge in [0.05, 0.1) is 5.56 Å². The molecule has 2 heterocycles. The van der Waals surface area contributed by atoms with Gasteiger partial charge in [-0.1, -0.05) is 30.3 Å². The molecule has 2 N–H and O–H groups in total. The highest BCUT2D eigenvalue weighted by molar-refractivity contribution is 5.87. The van der Waals surface area contributed by atoms with Gasteiger partial charge in [-0.15, -0.1) is 0 Å². The summed E-state index contributed by atoms with van der Waals surface area (Å²) in [5, 5.41) is 12.1. The zero-order valence-electron chi connectivity index (χ0n) is 16.0. The summed E-state index contributed by atoms with van der Waals surface area (Å²) < 4.78 is 0. The Balaban J connectivity index is 1.34. The molecule has 6 nitrogen and oxygen atoms in total. The van der Waals surface area contributed by atoms with Crippen LogP contribution < -0.4 is 5.32 Å². The number of nitrogens with one attached hydrogen (secondary N) is 1. The summed E-state index contributed by atoms with van der Waals surface area (Å²) in [5.74, 6) is -0.899. The molecule has 1 atom stereocenters. The van der Waals surface area contributed by atoms with Crippen molar-refractivity contribution in [3.8, 4) is 0 Å². The van der Waals surface area contributed by atoms with Crippen molar-refractivity contribution in [2.75, 3.05) is 19.6 Å². The average Bonchev–Trinajstić information content (AvgIpc) is 3.14. The number of pyridine rings is 1. The second-order valence-corrected chi connectivity index (χ2v) is 7.28. The van der Waals surface area contributed by atoms with E-state index in [-0.39, 0.29) is 17.5 Å². The number of carbonyl (C=O) groups is 2. The van der Waals surface area contributed by atoms with Gasteiger partial charge in [0.1, 0.15) is 0 Å². The largest absolute Gasteiger partial charge is 0.478 e. The van der Waals surface area contributed by atoms with Crippen molar-refractivity contribution in [3.05, 3.63) is 65.5 Å². The molecule has 1 amide bonds. The Labute approximate surface area is 165 Å². The van der Waals surface area contributed by atoms with Gasteiger partial charge >= 0.3 is 5.97 Å². The Morgan fingerprint density at radius 1 is 1.18 bits per heavy atom. The quantitative estimate of drug-likeness (QED) is 0.698. The van der Waals surface area contributed by atoms with E-state index in [1.165, 1.54) is 17.8 Å². The maximum Gasteiger partial charge on any atom is 0.335 e. The molecule has 0 radical (unpaired) electrons. The molecule has 0 bridgehead atoms. The third kappa shape index (κ3) is 6.16. The molecule has 2 aromatic rings. The lowest BCUT2D eigenvalue weighted by Crippen LogP contribution is -2.37. The maximum absolute atomic E-state index is 12.2. The monoisotopic (exact) mass is 381 g/mol. The molecule has 1 fully saturated rings. The number of carboxylic acids is 1. The van der Waals surface area contributed by atoms with Crippen molar-refractivity contribution >= 4 is 11.9 Å². The van der Waals surface area contributed by atoms with Crippen LogP contribution in [-0.2, 0) is 17.6 Å². The summed E-state index contributed by atoms with van der Waals surface area (Å²) in [5.41, 5.74) is 2.28. The Morgan fingerprint density at radius 2 is 2.00 bits per heavy atom. The first-order chi connectivity index (χ1) is 13.6. The minimum Gasteiger partial charge on any atom is -0.478 e. The lowest BCUT2D eigenvalue weighted by atomic mass is 10.1. The van der Waals surface area contributed by atoms with Gasteiger partial charge in [0, 0.05) is 44.0 Å². The van der Waals surface area contributed by atoms with E-state index < -0.39 is 5.97 Å². The summed E-state index contributed by atoms with van der Waals surface area (Å²) in [7, 11) is 0. The maximum atomic E-state index is 12.2. The molecule has 1 aromatic heterocycles. The molecule has 148 valence electrons. The number of benzene rings is 1. The van der Waals surface area contributed by atoms with Crippen LogP contribution in [0.25, 0.3) is 0 Å². The van der Waals surface area contributed by atoms with Crippen LogP contribution in [-0.4, -0.2) is 52.5 Å². The van der Waals surface area contributed by atoms with Gasteiger partial charge in [-0.25, -0.2) is 4.79 Å². The summed E-state index contributed by atoms with van der Waals surface area (Å²) in [4.78, 5) is 29.8. The van der Waals surface area contributed by atoms with Crippen molar-refractivity contribution in [1.82, 2.24) is 15.2 Å². The normalized spacial score (nSPS) is 16.8. The molecule has 0 spiro atoms. The van der Waals surface area contributed by atoms with E-state index in [1.54, 1.807) is 6.07 Å². The van der Waals surface area contributed by atoms with Crippen LogP contribution in [0.4, 0.5) is 0 Å². The zero-order chi connectivity index (χ0) is 19.8. The number of hydrogen-bond acceptors (Lipinski definition) is 4. The Bertz CT molecular complexity index is 795. The number of carbonyl (C=O) groups excluding carboxylic acids is 1. The van der Waals surface area contributed by atoms with Gasteiger partial charge < -0.3 is 15.3 Å². The number of aryl methyl sites for hydroxylation is 1. The zero-order valence-corrected chi connectivity index (χ0v) is 16.0. The predicted molar refractivity (Wildman–Crippen MR) is 107 cm³/mol. The molecule has 3 rings (SSSR count). The van der Waals surface area contributed by atoms with Crippen molar-refractivity contribution in [2.24, 2.45) is 0 Å². The van der Waals surface area contributed by atoms with E-state index in [0.29, 0.717) is 25.0 Å². The molecule has 1 aliphatic rings. The number of aromatic nitrogens is 1. The van der Waals surface area contributed by atoms with E-state index in [4.69, 9.17) is 5.11 Å². The molecule has 1 unspecified atom stereocenters. The average molecular weight is 381 g/mol. The molecule has 0 aliphatic carbocycles. The fraction of sp³-hybridized carbons (Fsp3) is 0.409. The molecular formula is C22H27N3O3. The molecule has 1 aromatic carbocycles. The van der Waals surface area contributed by atoms with E-state index >= 15 is 0 Å². The number of aromatic carboxylic acids is 1. The smallest absolute Gasteiger partial charge is 0.335 e. The Hall–Kier alpha value is -2.73. The molecule has 1 saturated heterocycles. The molecule has 0 saturated carbocycles. The van der Waals surface area contributed by atoms with E-state index in [1.807, 2.05) is 6.07 Å². The van der Waals surface area contributed by atoms with Crippen LogP contribution >= 0.6 is 0 Å². The first kappa shape index (κ1) is 20.0. The van der Waals surface area contributed by atoms with Gasteiger partial charge in [0.25, 0.3) is 0 Å². The number of nitrogens with zero attached hydrogens (tertiary/aromatic N) is 2. The summed E-state index contributed by atoms with van der Waals surface area (Å²) in [6.07, 6.45) is 5.21. The SMILES string of the molecule is O=C(CCCc1cc(C(=O)O)ccn1)NC1CCN(CCc2ccccc2)C1. The first-order valence-electron chi connectivity index (χ1n) is 9.84. The predicted octanol–water partition coefficient (Wildman–Crippen LogP) is 2.54. The van der Waals surface area contributed by atoms with Crippen LogP contribution in [0.5, 0.6) is 0 Å². The van der Waals surface area contributed by atoms with Gasteiger partial charge in [0.2, 0.25) is 5.91 Å². The molecule has 1 aliphatic heterocycles. The van der Waals surface area contributed by atoms with Crippen molar-refractivity contribution < 1.29 is 14.7 Å². The van der Waals surface area contributed by atoms with Gasteiger partial charge in [-0.3, -0.25) is 9.78 Å². The summed E-state index contributed by atoms with van der Waals surface area (Å²) in [6.45, 7) is 2.94. The second-order valence-electron chi connectivity index (χ2n) is 7.28. The number of likely N-dealkylation sites (tertiary alicyclic amines) is 1. The lowest BCUT2D eigenvalue weighted by molar-refractivity contribution is -0.121. The highest BCUT2D eigenvalue weighted by Gasteiger charge is 2.23. The summed E-state index contributed by atoms with van der Waals surface area (Å²) >= 11 is 0. The molecule has 6 heteroatoms. The van der Waals surface area contributed by atoms with Crippen LogP contribution in [0, 0.1) is 0 Å². The minimum absolute atomic E-state index is 0.0595. The summed E-state index contributed by atoms with van der Waals surface area (Å²) in [6, 6.07) is 13.7. The highest BCUT2D eigenvalue weighted by Crippen LogP contribution is 2.12. The van der Waals surface area contributed by atoms with E-state index in [9.17, 15) is 9.59 Å². The van der Waals surface area contributed by atoms with Gasteiger partial charge in [0.15, 0.2) is 0 Å². The number of rotatable bonds is 9. The standard InChI is InChI=1S/C22H27N3O3/c26-21(8-4-7-19-15-18(22(27)28)9-12-23-19)24-20-11-14-25(16-20)13-10-17-5-2-1-3-6-17/h1-3,5-6,9,12,15,20H,4,7-8,10-11,13-14,16H2,(H,24,26)(H,27,28). The number of amides is 1. The van der Waals surface area contributed by atoms with E-state index in [0.717, 1.165) is 32.5 Å². The third-order valence-electron chi connectivity index (χ3n) is 5.10. The van der Waals surface area contributed by atoms with Crippen LogP contribution in [0.1, 0.15) is 40.9 Å². The highest BCUT2D eigenvalue weighted by atomic mass is 16.4. The number of hydrogen-bond donors (Lipinski definition) is 2. The van der Waals surface area contributed by atoms with Crippen molar-refractivity contribution in [2.45, 2.75) is 38.1 Å². The second kappa shape index (κ2) is 9.99. The van der Waals surface area contributed by atoms with Crippen LogP contribution in [0.15, 0.2) is 48.7 Å². The minimum atomic E-state index is -0.959. The van der Waals surface area contributed by atoms with Crippen molar-refractivity contribution in [3.63, 3.8) is 0 Å².